The standard InChI is InChI=1S/C24H21F4N3O2S/c1-15-9-12-21-22(16(15)2)31(18-7-5-4-6-8-18)23(30(21)3)29-34(32,33)14-17-10-11-19(20(25)13-17)24(26,27)28/h4-13H,14H2,1-3H3/b29-23-. The number of nitrogens with zero attached hydrogens (tertiary/aromatic N) is 3. The molecule has 34 heavy (non-hydrogen) atoms. The van der Waals surface area contributed by atoms with Crippen molar-refractivity contribution in [2.45, 2.75) is 25.8 Å². The molecular formula is C24H21F4N3O2S. The number of imidazole rings is 1. The molecule has 4 rings (SSSR count). The highest BCUT2D eigenvalue weighted by molar-refractivity contribution is 7.89. The number of hydrogen-bond donors (Lipinski definition) is 0. The molecular weight excluding hydrogens is 470 g/mol. The van der Waals surface area contributed by atoms with E-state index < -0.39 is 33.3 Å². The van der Waals surface area contributed by atoms with Crippen LogP contribution >= 0.6 is 0 Å². The van der Waals surface area contributed by atoms with Crippen LogP contribution in [0.5, 0.6) is 0 Å². The first kappa shape index (κ1) is 23.7. The smallest absolute Gasteiger partial charge is 0.312 e. The summed E-state index contributed by atoms with van der Waals surface area (Å²) in [5.41, 5.74) is 2.71. The first-order chi connectivity index (χ1) is 15.9. The molecule has 3 aromatic carbocycles. The molecule has 0 spiro atoms. The van der Waals surface area contributed by atoms with Gasteiger partial charge in [-0.3, -0.25) is 4.57 Å². The molecule has 0 aliphatic heterocycles. The molecule has 178 valence electrons. The van der Waals surface area contributed by atoms with E-state index in [9.17, 15) is 26.0 Å². The predicted molar refractivity (Wildman–Crippen MR) is 121 cm³/mol. The second-order valence-corrected chi connectivity index (χ2v) is 9.67. The first-order valence-corrected chi connectivity index (χ1v) is 11.9. The number of hydrogen-bond acceptors (Lipinski definition) is 2. The highest BCUT2D eigenvalue weighted by Crippen LogP contribution is 2.32. The molecule has 0 fully saturated rings. The second-order valence-electron chi connectivity index (χ2n) is 8.03. The molecule has 0 atom stereocenters. The quantitative estimate of drug-likeness (QED) is 0.370. The number of alkyl halides is 3. The summed E-state index contributed by atoms with van der Waals surface area (Å²) in [4.78, 5) is 0. The van der Waals surface area contributed by atoms with Crippen LogP contribution in [0.15, 0.2) is 65.1 Å². The Morgan fingerprint density at radius 1 is 0.971 bits per heavy atom. The Morgan fingerprint density at radius 3 is 2.26 bits per heavy atom. The van der Waals surface area contributed by atoms with Crippen LogP contribution in [0.1, 0.15) is 22.3 Å². The molecule has 1 heterocycles. The Hall–Kier alpha value is -3.40. The zero-order chi connectivity index (χ0) is 24.8. The van der Waals surface area contributed by atoms with E-state index >= 15 is 0 Å². The molecule has 0 saturated heterocycles. The fourth-order valence-corrected chi connectivity index (χ4v) is 4.98. The molecule has 0 bridgehead atoms. The van der Waals surface area contributed by atoms with Crippen LogP contribution in [0.4, 0.5) is 17.6 Å². The molecule has 0 saturated carbocycles. The normalized spacial score (nSPS) is 13.1. The zero-order valence-corrected chi connectivity index (χ0v) is 19.4. The van der Waals surface area contributed by atoms with Gasteiger partial charge in [-0.2, -0.15) is 13.2 Å². The van der Waals surface area contributed by atoms with E-state index in [1.165, 1.54) is 0 Å². The van der Waals surface area contributed by atoms with Crippen molar-refractivity contribution in [3.8, 4) is 5.69 Å². The number of halogens is 4. The lowest BCUT2D eigenvalue weighted by molar-refractivity contribution is -0.140. The van der Waals surface area contributed by atoms with Crippen LogP contribution < -0.4 is 5.62 Å². The predicted octanol–water partition coefficient (Wildman–Crippen LogP) is 5.17. The summed E-state index contributed by atoms with van der Waals surface area (Å²) >= 11 is 0. The van der Waals surface area contributed by atoms with E-state index in [1.54, 1.807) is 16.2 Å². The van der Waals surface area contributed by atoms with Crippen LogP contribution in [0.3, 0.4) is 0 Å². The fraction of sp³-hybridized carbons (Fsp3) is 0.208. The van der Waals surface area contributed by atoms with Crippen LogP contribution in [-0.2, 0) is 29.0 Å². The molecule has 0 radical (unpaired) electrons. The molecule has 0 aliphatic carbocycles. The number of fused-ring (bicyclic) bond motifs is 1. The minimum Gasteiger partial charge on any atom is -0.312 e. The van der Waals surface area contributed by atoms with Crippen LogP contribution in [0, 0.1) is 19.7 Å². The van der Waals surface area contributed by atoms with Gasteiger partial charge in [0.25, 0.3) is 10.0 Å². The van der Waals surface area contributed by atoms with Crippen molar-refractivity contribution in [1.29, 1.82) is 0 Å². The summed E-state index contributed by atoms with van der Waals surface area (Å²) in [6.07, 6.45) is -4.87. The highest BCUT2D eigenvalue weighted by Gasteiger charge is 2.34. The van der Waals surface area contributed by atoms with Crippen molar-refractivity contribution in [1.82, 2.24) is 9.13 Å². The van der Waals surface area contributed by atoms with Gasteiger partial charge in [0.15, 0.2) is 0 Å². The van der Waals surface area contributed by atoms with Crippen molar-refractivity contribution in [2.24, 2.45) is 11.4 Å². The molecule has 1 aromatic heterocycles. The summed E-state index contributed by atoms with van der Waals surface area (Å²) in [7, 11) is -2.56. The molecule has 0 amide bonds. The maximum Gasteiger partial charge on any atom is 0.419 e. The third-order valence-electron chi connectivity index (χ3n) is 5.69. The summed E-state index contributed by atoms with van der Waals surface area (Å²) < 4.78 is 85.8. The van der Waals surface area contributed by atoms with E-state index in [1.807, 2.05) is 56.3 Å². The minimum absolute atomic E-state index is 0.113. The third-order valence-corrected chi connectivity index (χ3v) is 6.83. The summed E-state index contributed by atoms with van der Waals surface area (Å²) in [6, 6.07) is 15.0. The Labute approximate surface area is 193 Å². The number of para-hydroxylation sites is 1. The molecule has 0 aliphatic rings. The SMILES string of the molecule is Cc1ccc2c(c1C)n(-c1ccccc1)/c(=N\S(=O)(=O)Cc1ccc(C(F)(F)F)c(F)c1)n2C. The topological polar surface area (TPSA) is 56.4 Å². The molecule has 10 heteroatoms. The lowest BCUT2D eigenvalue weighted by atomic mass is 10.1. The van der Waals surface area contributed by atoms with Crippen molar-refractivity contribution >= 4 is 21.1 Å². The number of benzene rings is 3. The van der Waals surface area contributed by atoms with Crippen molar-refractivity contribution in [3.63, 3.8) is 0 Å². The van der Waals surface area contributed by atoms with E-state index in [-0.39, 0.29) is 11.2 Å². The van der Waals surface area contributed by atoms with E-state index in [0.29, 0.717) is 17.8 Å². The maximum atomic E-state index is 14.0. The third kappa shape index (κ3) is 4.37. The van der Waals surface area contributed by atoms with E-state index in [0.717, 1.165) is 28.2 Å². The van der Waals surface area contributed by atoms with Crippen LogP contribution in [0.2, 0.25) is 0 Å². The van der Waals surface area contributed by atoms with Gasteiger partial charge in [0.05, 0.1) is 22.3 Å². The summed E-state index contributed by atoms with van der Waals surface area (Å²) in [5, 5.41) is 0. The van der Waals surface area contributed by atoms with Gasteiger partial charge in [-0.25, -0.2) is 12.8 Å². The van der Waals surface area contributed by atoms with E-state index in [2.05, 4.69) is 4.40 Å². The first-order valence-electron chi connectivity index (χ1n) is 10.3. The van der Waals surface area contributed by atoms with Gasteiger partial charge in [-0.15, -0.1) is 4.40 Å². The largest absolute Gasteiger partial charge is 0.419 e. The second kappa shape index (κ2) is 8.43. The van der Waals surface area contributed by atoms with Crippen molar-refractivity contribution < 1.29 is 26.0 Å². The van der Waals surface area contributed by atoms with Gasteiger partial charge in [-0.05, 0) is 60.9 Å². The number of sulfonamides is 1. The van der Waals surface area contributed by atoms with E-state index in [4.69, 9.17) is 0 Å². The van der Waals surface area contributed by atoms with Gasteiger partial charge in [0.2, 0.25) is 5.62 Å². The lowest BCUT2D eigenvalue weighted by Gasteiger charge is -2.09. The Morgan fingerprint density at radius 2 is 1.65 bits per heavy atom. The van der Waals surface area contributed by atoms with Gasteiger partial charge >= 0.3 is 6.18 Å². The van der Waals surface area contributed by atoms with Gasteiger partial charge in [-0.1, -0.05) is 30.3 Å². The van der Waals surface area contributed by atoms with Crippen molar-refractivity contribution in [3.05, 3.63) is 94.4 Å². The van der Waals surface area contributed by atoms with Gasteiger partial charge in [0, 0.05) is 12.7 Å². The van der Waals surface area contributed by atoms with Gasteiger partial charge in [0.1, 0.15) is 5.82 Å². The highest BCUT2D eigenvalue weighted by atomic mass is 32.2. The average Bonchev–Trinajstić information content (AvgIpc) is 3.02. The zero-order valence-electron chi connectivity index (χ0n) is 18.6. The van der Waals surface area contributed by atoms with Crippen LogP contribution in [-0.4, -0.2) is 17.6 Å². The minimum atomic E-state index is -4.87. The molecule has 0 N–H and O–H groups in total. The summed E-state index contributed by atoms with van der Waals surface area (Å²) in [6.45, 7) is 3.88. The Balaban J connectivity index is 1.90. The lowest BCUT2D eigenvalue weighted by Crippen LogP contribution is -2.25. The molecule has 0 unspecified atom stereocenters. The average molecular weight is 492 g/mol. The number of rotatable bonds is 4. The van der Waals surface area contributed by atoms with Crippen molar-refractivity contribution in [2.75, 3.05) is 0 Å². The summed E-state index contributed by atoms with van der Waals surface area (Å²) in [5.74, 6) is -2.29. The number of aromatic nitrogens is 2. The fourth-order valence-electron chi connectivity index (χ4n) is 3.87. The molecule has 4 aromatic rings. The Bertz CT molecular complexity index is 1570. The monoisotopic (exact) mass is 491 g/mol. The number of aryl methyl sites for hydroxylation is 3. The molecule has 5 nitrogen and oxygen atoms in total. The Kier molecular flexibility index (Phi) is 5.89. The van der Waals surface area contributed by atoms with Gasteiger partial charge < -0.3 is 4.57 Å². The van der Waals surface area contributed by atoms with Crippen LogP contribution in [0.25, 0.3) is 16.7 Å². The maximum absolute atomic E-state index is 14.0.